The van der Waals surface area contributed by atoms with Crippen molar-refractivity contribution in [2.24, 2.45) is 0 Å². The van der Waals surface area contributed by atoms with E-state index in [1.54, 1.807) is 6.92 Å². The number of nitrogens with zero attached hydrogens (tertiary/aromatic N) is 2. The fourth-order valence-electron chi connectivity index (χ4n) is 2.39. The van der Waals surface area contributed by atoms with E-state index in [9.17, 15) is 4.79 Å². The minimum absolute atomic E-state index is 0.204. The Morgan fingerprint density at radius 2 is 2.12 bits per heavy atom. The van der Waals surface area contributed by atoms with Crippen LogP contribution in [-0.4, -0.2) is 54.5 Å². The van der Waals surface area contributed by atoms with Crippen LogP contribution in [0.2, 0.25) is 0 Å². The summed E-state index contributed by atoms with van der Waals surface area (Å²) in [6, 6.07) is 0.591. The number of piperazine rings is 1. The Morgan fingerprint density at radius 3 is 2.62 bits per heavy atom. The number of rotatable bonds is 2. The van der Waals surface area contributed by atoms with E-state index >= 15 is 0 Å². The van der Waals surface area contributed by atoms with Crippen molar-refractivity contribution in [2.75, 3.05) is 32.7 Å². The molecule has 0 aromatic rings. The first-order valence-corrected chi connectivity index (χ1v) is 6.07. The highest BCUT2D eigenvalue weighted by atomic mass is 16.2. The molecule has 2 aliphatic heterocycles. The van der Waals surface area contributed by atoms with Crippen molar-refractivity contribution in [1.82, 2.24) is 15.1 Å². The van der Waals surface area contributed by atoms with Crippen molar-refractivity contribution in [3.05, 3.63) is 11.8 Å². The third kappa shape index (κ3) is 2.76. The van der Waals surface area contributed by atoms with Crippen LogP contribution in [0, 0.1) is 0 Å². The number of hydrogen-bond donors (Lipinski definition) is 1. The molecule has 0 aliphatic carbocycles. The van der Waals surface area contributed by atoms with Crippen molar-refractivity contribution in [2.45, 2.75) is 26.3 Å². The molecule has 4 nitrogen and oxygen atoms in total. The standard InChI is InChI=1S/C12H21N3O/c1-10-7-12(8-13-10)9-14-3-5-15(6-4-14)11(2)16/h8,10,13H,3-7,9H2,1-2H3. The fraction of sp³-hybridized carbons (Fsp3) is 0.750. The molecule has 2 aliphatic rings. The van der Waals surface area contributed by atoms with Crippen LogP contribution < -0.4 is 5.32 Å². The quantitative estimate of drug-likeness (QED) is 0.737. The second-order valence-electron chi connectivity index (χ2n) is 4.86. The highest BCUT2D eigenvalue weighted by molar-refractivity contribution is 5.73. The van der Waals surface area contributed by atoms with Gasteiger partial charge in [0.2, 0.25) is 5.91 Å². The molecule has 1 N–H and O–H groups in total. The average molecular weight is 223 g/mol. The van der Waals surface area contributed by atoms with Gasteiger partial charge in [-0.3, -0.25) is 9.69 Å². The summed E-state index contributed by atoms with van der Waals surface area (Å²) in [6.45, 7) is 8.69. The number of nitrogens with one attached hydrogen (secondary N) is 1. The zero-order chi connectivity index (χ0) is 11.5. The second-order valence-corrected chi connectivity index (χ2v) is 4.86. The summed E-state index contributed by atoms with van der Waals surface area (Å²) in [5, 5.41) is 3.33. The monoisotopic (exact) mass is 223 g/mol. The molecular formula is C12H21N3O. The summed E-state index contributed by atoms with van der Waals surface area (Å²) in [5.74, 6) is 0.204. The van der Waals surface area contributed by atoms with Crippen molar-refractivity contribution in [3.63, 3.8) is 0 Å². The van der Waals surface area contributed by atoms with Crippen LogP contribution in [-0.2, 0) is 4.79 Å². The molecule has 0 spiro atoms. The predicted molar refractivity (Wildman–Crippen MR) is 64.0 cm³/mol. The number of carbonyl (C=O) groups is 1. The maximum atomic E-state index is 11.2. The van der Waals surface area contributed by atoms with Crippen molar-refractivity contribution in [3.8, 4) is 0 Å². The van der Waals surface area contributed by atoms with Gasteiger partial charge in [0.25, 0.3) is 0 Å². The molecule has 1 saturated heterocycles. The summed E-state index contributed by atoms with van der Waals surface area (Å²) in [7, 11) is 0. The third-order valence-corrected chi connectivity index (χ3v) is 3.38. The van der Waals surface area contributed by atoms with Gasteiger partial charge in [-0.05, 0) is 25.1 Å². The first kappa shape index (κ1) is 11.5. The Morgan fingerprint density at radius 1 is 1.44 bits per heavy atom. The van der Waals surface area contributed by atoms with Crippen LogP contribution in [0.4, 0.5) is 0 Å². The molecule has 0 saturated carbocycles. The SMILES string of the molecule is CC(=O)N1CCN(CC2=CNC(C)C2)CC1. The lowest BCUT2D eigenvalue weighted by molar-refractivity contribution is -0.130. The van der Waals surface area contributed by atoms with E-state index in [4.69, 9.17) is 0 Å². The first-order valence-electron chi connectivity index (χ1n) is 6.07. The molecule has 0 aromatic carbocycles. The van der Waals surface area contributed by atoms with Gasteiger partial charge in [-0.25, -0.2) is 0 Å². The van der Waals surface area contributed by atoms with Crippen LogP contribution in [0.5, 0.6) is 0 Å². The Bertz CT molecular complexity index is 293. The van der Waals surface area contributed by atoms with E-state index in [2.05, 4.69) is 23.3 Å². The topological polar surface area (TPSA) is 35.6 Å². The van der Waals surface area contributed by atoms with Crippen LogP contribution >= 0.6 is 0 Å². The molecule has 1 atom stereocenters. The molecule has 16 heavy (non-hydrogen) atoms. The lowest BCUT2D eigenvalue weighted by Gasteiger charge is -2.34. The van der Waals surface area contributed by atoms with Crippen molar-refractivity contribution < 1.29 is 4.79 Å². The van der Waals surface area contributed by atoms with E-state index in [-0.39, 0.29) is 5.91 Å². The smallest absolute Gasteiger partial charge is 0.219 e. The van der Waals surface area contributed by atoms with Gasteiger partial charge in [-0.1, -0.05) is 0 Å². The number of amides is 1. The minimum atomic E-state index is 0.204. The second kappa shape index (κ2) is 4.87. The molecule has 1 unspecified atom stereocenters. The van der Waals surface area contributed by atoms with Gasteiger partial charge >= 0.3 is 0 Å². The highest BCUT2D eigenvalue weighted by Crippen LogP contribution is 2.14. The van der Waals surface area contributed by atoms with Crippen LogP contribution in [0.3, 0.4) is 0 Å². The van der Waals surface area contributed by atoms with Gasteiger partial charge in [0.05, 0.1) is 0 Å². The van der Waals surface area contributed by atoms with E-state index < -0.39 is 0 Å². The first-order chi connectivity index (χ1) is 7.65. The molecule has 2 rings (SSSR count). The fourth-order valence-corrected chi connectivity index (χ4v) is 2.39. The van der Waals surface area contributed by atoms with Gasteiger partial charge in [0.15, 0.2) is 0 Å². The zero-order valence-electron chi connectivity index (χ0n) is 10.2. The largest absolute Gasteiger partial charge is 0.388 e. The van der Waals surface area contributed by atoms with E-state index in [0.29, 0.717) is 6.04 Å². The minimum Gasteiger partial charge on any atom is -0.388 e. The van der Waals surface area contributed by atoms with Crippen molar-refractivity contribution >= 4 is 5.91 Å². The van der Waals surface area contributed by atoms with Crippen LogP contribution in [0.1, 0.15) is 20.3 Å². The lowest BCUT2D eigenvalue weighted by atomic mass is 10.1. The molecule has 0 radical (unpaired) electrons. The molecule has 2 heterocycles. The number of carbonyl (C=O) groups excluding carboxylic acids is 1. The Labute approximate surface area is 97.3 Å². The average Bonchev–Trinajstić information content (AvgIpc) is 2.65. The van der Waals surface area contributed by atoms with Gasteiger partial charge < -0.3 is 10.2 Å². The maximum Gasteiger partial charge on any atom is 0.219 e. The molecular weight excluding hydrogens is 202 g/mol. The van der Waals surface area contributed by atoms with Gasteiger partial charge in [-0.2, -0.15) is 0 Å². The summed E-state index contributed by atoms with van der Waals surface area (Å²) < 4.78 is 0. The lowest BCUT2D eigenvalue weighted by Crippen LogP contribution is -2.48. The summed E-state index contributed by atoms with van der Waals surface area (Å²) >= 11 is 0. The van der Waals surface area contributed by atoms with E-state index in [1.807, 2.05) is 4.90 Å². The van der Waals surface area contributed by atoms with Gasteiger partial charge in [0.1, 0.15) is 0 Å². The molecule has 90 valence electrons. The molecule has 1 amide bonds. The van der Waals surface area contributed by atoms with Gasteiger partial charge in [-0.15, -0.1) is 0 Å². The van der Waals surface area contributed by atoms with Crippen LogP contribution in [0.25, 0.3) is 0 Å². The summed E-state index contributed by atoms with van der Waals surface area (Å²) in [6.07, 6.45) is 3.31. The van der Waals surface area contributed by atoms with Gasteiger partial charge in [0, 0.05) is 45.7 Å². The molecule has 0 aromatic heterocycles. The Hall–Kier alpha value is -1.03. The highest BCUT2D eigenvalue weighted by Gasteiger charge is 2.20. The normalized spacial score (nSPS) is 26.5. The Kier molecular flexibility index (Phi) is 3.49. The summed E-state index contributed by atoms with van der Waals surface area (Å²) in [4.78, 5) is 15.5. The van der Waals surface area contributed by atoms with E-state index in [1.165, 1.54) is 5.57 Å². The molecule has 4 heteroatoms. The van der Waals surface area contributed by atoms with E-state index in [0.717, 1.165) is 39.1 Å². The predicted octanol–water partition coefficient (Wildman–Crippen LogP) is 0.416. The van der Waals surface area contributed by atoms with Crippen molar-refractivity contribution in [1.29, 1.82) is 0 Å². The third-order valence-electron chi connectivity index (χ3n) is 3.38. The van der Waals surface area contributed by atoms with Crippen LogP contribution in [0.15, 0.2) is 11.8 Å². The zero-order valence-corrected chi connectivity index (χ0v) is 10.2. The number of hydrogen-bond acceptors (Lipinski definition) is 3. The maximum absolute atomic E-state index is 11.2. The summed E-state index contributed by atoms with van der Waals surface area (Å²) in [5.41, 5.74) is 1.49. The Balaban J connectivity index is 1.75. The molecule has 0 bridgehead atoms. The molecule has 1 fully saturated rings.